The Kier molecular flexibility index (Phi) is 3.76. The molecular formula is C7H15NO. The maximum atomic E-state index is 10.7. The van der Waals surface area contributed by atoms with Crippen molar-refractivity contribution >= 4 is 5.91 Å². The van der Waals surface area contributed by atoms with Crippen molar-refractivity contribution in [3.63, 3.8) is 0 Å². The quantitative estimate of drug-likeness (QED) is 0.560. The maximum Gasteiger partial charge on any atom is 0.243 e. The fourth-order valence-electron chi connectivity index (χ4n) is 0.487. The van der Waals surface area contributed by atoms with Crippen LogP contribution in [0.4, 0.5) is 0 Å². The number of likely N-dealkylation sites (N-methyl/N-ethyl adjacent to an activating group) is 1. The van der Waals surface area contributed by atoms with Crippen LogP contribution in [-0.4, -0.2) is 12.5 Å². The molecule has 2 nitrogen and oxygen atoms in total. The number of hydrogen-bond acceptors (Lipinski definition) is 1. The summed E-state index contributed by atoms with van der Waals surface area (Å²) in [6.07, 6.45) is 1.59. The molecule has 0 rings (SSSR count). The molecule has 9 heavy (non-hydrogen) atoms. The lowest BCUT2D eigenvalue weighted by atomic mass is 10.3. The van der Waals surface area contributed by atoms with E-state index in [9.17, 15) is 4.79 Å². The molecule has 0 fully saturated rings. The van der Waals surface area contributed by atoms with Gasteiger partial charge in [0.2, 0.25) is 5.91 Å². The van der Waals surface area contributed by atoms with E-state index in [-0.39, 0.29) is 7.33 Å². The molecule has 0 heterocycles. The standard InChI is InChI=1S/C7H13NO.H2/c1-4-8-7(9)5-6(2)3;/h5H,4H2,1-3H3,(H,8,9);1H. The number of carbonyl (C=O) groups is 1. The summed E-state index contributed by atoms with van der Waals surface area (Å²) < 4.78 is 0. The predicted molar refractivity (Wildman–Crippen MR) is 40.2 cm³/mol. The Morgan fingerprint density at radius 3 is 2.56 bits per heavy atom. The largest absolute Gasteiger partial charge is 0.353 e. The maximum absolute atomic E-state index is 10.7. The first-order valence-corrected chi connectivity index (χ1v) is 3.09. The molecule has 0 aliphatic rings. The minimum absolute atomic E-state index is 0. The number of carbonyl (C=O) groups excluding carboxylic acids is 1. The second kappa shape index (κ2) is 4.13. The highest BCUT2D eigenvalue weighted by Crippen LogP contribution is 1.85. The summed E-state index contributed by atoms with van der Waals surface area (Å²) in [7, 11) is 0. The lowest BCUT2D eigenvalue weighted by molar-refractivity contribution is -0.116. The van der Waals surface area contributed by atoms with Crippen LogP contribution in [0.3, 0.4) is 0 Å². The Hall–Kier alpha value is -0.790. The van der Waals surface area contributed by atoms with Crippen LogP contribution >= 0.6 is 0 Å². The molecule has 0 spiro atoms. The molecule has 1 amide bonds. The minimum atomic E-state index is -0.00231. The monoisotopic (exact) mass is 129 g/mol. The van der Waals surface area contributed by atoms with E-state index >= 15 is 0 Å². The van der Waals surface area contributed by atoms with Gasteiger partial charge in [-0.3, -0.25) is 4.79 Å². The Balaban J connectivity index is 0. The van der Waals surface area contributed by atoms with E-state index < -0.39 is 0 Å². The number of allylic oxidation sites excluding steroid dienone is 1. The van der Waals surface area contributed by atoms with Gasteiger partial charge in [-0.2, -0.15) is 0 Å². The highest BCUT2D eigenvalue weighted by atomic mass is 16.1. The Morgan fingerprint density at radius 1 is 1.67 bits per heavy atom. The second-order valence-corrected chi connectivity index (χ2v) is 2.12. The number of nitrogens with one attached hydrogen (secondary N) is 1. The summed E-state index contributed by atoms with van der Waals surface area (Å²) in [5.74, 6) is -0.00231. The zero-order valence-electron chi connectivity index (χ0n) is 6.19. The van der Waals surface area contributed by atoms with Crippen molar-refractivity contribution in [2.24, 2.45) is 0 Å². The van der Waals surface area contributed by atoms with Gasteiger partial charge in [-0.05, 0) is 20.8 Å². The molecule has 0 aliphatic carbocycles. The SMILES string of the molecule is CCNC(=O)C=C(C)C.[HH]. The van der Waals surface area contributed by atoms with Crippen LogP contribution in [0, 0.1) is 0 Å². The molecule has 0 aromatic carbocycles. The summed E-state index contributed by atoms with van der Waals surface area (Å²) in [6, 6.07) is 0. The molecule has 0 aromatic rings. The topological polar surface area (TPSA) is 29.1 Å². The molecule has 0 radical (unpaired) electrons. The van der Waals surface area contributed by atoms with Crippen molar-refractivity contribution in [3.05, 3.63) is 11.6 Å². The molecule has 2 heteroatoms. The second-order valence-electron chi connectivity index (χ2n) is 2.12. The first kappa shape index (κ1) is 8.21. The van der Waals surface area contributed by atoms with Crippen LogP contribution in [0.25, 0.3) is 0 Å². The molecule has 0 aromatic heterocycles. The Bertz CT molecular complexity index is 128. The first-order valence-electron chi connectivity index (χ1n) is 3.09. The number of amides is 1. The minimum Gasteiger partial charge on any atom is -0.353 e. The summed E-state index contributed by atoms with van der Waals surface area (Å²) in [5.41, 5.74) is 1.03. The van der Waals surface area contributed by atoms with Gasteiger partial charge >= 0.3 is 0 Å². The van der Waals surface area contributed by atoms with Gasteiger partial charge < -0.3 is 5.32 Å². The fraction of sp³-hybridized carbons (Fsp3) is 0.571. The van der Waals surface area contributed by atoms with Gasteiger partial charge in [0.15, 0.2) is 0 Å². The van der Waals surface area contributed by atoms with Crippen LogP contribution in [-0.2, 0) is 4.79 Å². The van der Waals surface area contributed by atoms with Crippen molar-refractivity contribution < 1.29 is 6.22 Å². The Morgan fingerprint density at radius 2 is 2.22 bits per heavy atom. The third kappa shape index (κ3) is 5.07. The van der Waals surface area contributed by atoms with Gasteiger partial charge in [-0.25, -0.2) is 0 Å². The van der Waals surface area contributed by atoms with Crippen LogP contribution in [0.5, 0.6) is 0 Å². The van der Waals surface area contributed by atoms with E-state index in [4.69, 9.17) is 0 Å². The smallest absolute Gasteiger partial charge is 0.243 e. The molecule has 0 aliphatic heterocycles. The van der Waals surface area contributed by atoms with E-state index in [1.807, 2.05) is 20.8 Å². The van der Waals surface area contributed by atoms with Crippen LogP contribution in [0.1, 0.15) is 22.2 Å². The number of hydrogen-bond donors (Lipinski definition) is 1. The van der Waals surface area contributed by atoms with Gasteiger partial charge in [-0.15, -0.1) is 0 Å². The number of rotatable bonds is 2. The zero-order chi connectivity index (χ0) is 7.28. The van der Waals surface area contributed by atoms with E-state index in [1.165, 1.54) is 0 Å². The van der Waals surface area contributed by atoms with Crippen molar-refractivity contribution in [2.45, 2.75) is 20.8 Å². The van der Waals surface area contributed by atoms with E-state index in [0.717, 1.165) is 5.57 Å². The Labute approximate surface area is 57.4 Å². The highest BCUT2D eigenvalue weighted by molar-refractivity contribution is 5.87. The summed E-state index contributed by atoms with van der Waals surface area (Å²) in [4.78, 5) is 10.7. The van der Waals surface area contributed by atoms with Gasteiger partial charge in [0.1, 0.15) is 0 Å². The molecule has 54 valence electrons. The average molecular weight is 129 g/mol. The van der Waals surface area contributed by atoms with Gasteiger partial charge in [0.05, 0.1) is 0 Å². The third-order valence-corrected chi connectivity index (χ3v) is 0.771. The highest BCUT2D eigenvalue weighted by Gasteiger charge is 1.89. The molecule has 1 N–H and O–H groups in total. The van der Waals surface area contributed by atoms with Crippen molar-refractivity contribution in [1.82, 2.24) is 5.32 Å². The van der Waals surface area contributed by atoms with Crippen LogP contribution < -0.4 is 5.32 Å². The van der Waals surface area contributed by atoms with Crippen LogP contribution in [0.2, 0.25) is 0 Å². The van der Waals surface area contributed by atoms with E-state index in [0.29, 0.717) is 6.54 Å². The third-order valence-electron chi connectivity index (χ3n) is 0.771. The first-order chi connectivity index (χ1) is 4.16. The van der Waals surface area contributed by atoms with Gasteiger partial charge in [-0.1, -0.05) is 5.57 Å². The summed E-state index contributed by atoms with van der Waals surface area (Å²) >= 11 is 0. The lowest BCUT2D eigenvalue weighted by Gasteiger charge is -1.94. The van der Waals surface area contributed by atoms with Gasteiger partial charge in [0.25, 0.3) is 0 Å². The van der Waals surface area contributed by atoms with Gasteiger partial charge in [0, 0.05) is 14.0 Å². The average Bonchev–Trinajstić information content (AvgIpc) is 1.63. The molecular weight excluding hydrogens is 114 g/mol. The summed E-state index contributed by atoms with van der Waals surface area (Å²) in [5, 5.41) is 2.66. The van der Waals surface area contributed by atoms with Crippen molar-refractivity contribution in [2.75, 3.05) is 6.54 Å². The van der Waals surface area contributed by atoms with E-state index in [1.54, 1.807) is 6.08 Å². The fourth-order valence-corrected chi connectivity index (χ4v) is 0.487. The van der Waals surface area contributed by atoms with Crippen molar-refractivity contribution in [3.8, 4) is 0 Å². The predicted octanol–water partition coefficient (Wildman–Crippen LogP) is 1.33. The lowest BCUT2D eigenvalue weighted by Crippen LogP contribution is -2.20. The molecule has 0 bridgehead atoms. The molecule has 0 saturated heterocycles. The van der Waals surface area contributed by atoms with Crippen LogP contribution in [0.15, 0.2) is 11.6 Å². The summed E-state index contributed by atoms with van der Waals surface area (Å²) in [6.45, 7) is 6.39. The van der Waals surface area contributed by atoms with Crippen molar-refractivity contribution in [1.29, 1.82) is 0 Å². The molecule has 0 saturated carbocycles. The van der Waals surface area contributed by atoms with E-state index in [2.05, 4.69) is 5.32 Å². The zero-order valence-corrected chi connectivity index (χ0v) is 6.19. The molecule has 0 unspecified atom stereocenters. The normalized spacial score (nSPS) is 8.33. The molecule has 0 atom stereocenters.